The van der Waals surface area contributed by atoms with Gasteiger partial charge in [-0.3, -0.25) is 4.79 Å². The maximum absolute atomic E-state index is 12.5. The minimum atomic E-state index is -3.59. The summed E-state index contributed by atoms with van der Waals surface area (Å²) in [7, 11) is -3.59. The molecule has 7 heteroatoms. The number of carbonyl (C=O) groups is 1. The number of nitrogens with two attached hydrogens (primary N) is 1. The van der Waals surface area contributed by atoms with E-state index in [2.05, 4.69) is 10.0 Å². The predicted octanol–water partition coefficient (Wildman–Crippen LogP) is 2.08. The SMILES string of the molecule is NCCNS(=O)(=O)c1cccc(NC(=O)C2CC2C2CCCCC2)c1. The molecule has 0 bridgehead atoms. The summed E-state index contributed by atoms with van der Waals surface area (Å²) in [6.07, 6.45) is 7.34. The molecule has 4 N–H and O–H groups in total. The first-order valence-electron chi connectivity index (χ1n) is 9.12. The van der Waals surface area contributed by atoms with Crippen molar-refractivity contribution in [3.8, 4) is 0 Å². The van der Waals surface area contributed by atoms with E-state index in [0.717, 1.165) is 6.42 Å². The van der Waals surface area contributed by atoms with E-state index in [1.807, 2.05) is 0 Å². The van der Waals surface area contributed by atoms with Crippen LogP contribution in [0.25, 0.3) is 0 Å². The Morgan fingerprint density at radius 1 is 1.20 bits per heavy atom. The van der Waals surface area contributed by atoms with Gasteiger partial charge >= 0.3 is 0 Å². The molecule has 6 nitrogen and oxygen atoms in total. The van der Waals surface area contributed by atoms with Gasteiger partial charge in [-0.1, -0.05) is 38.2 Å². The largest absolute Gasteiger partial charge is 0.329 e. The maximum Gasteiger partial charge on any atom is 0.240 e. The Labute approximate surface area is 149 Å². The molecule has 2 unspecified atom stereocenters. The summed E-state index contributed by atoms with van der Waals surface area (Å²) in [6, 6.07) is 6.36. The monoisotopic (exact) mass is 365 g/mol. The smallest absolute Gasteiger partial charge is 0.240 e. The molecule has 1 aromatic rings. The molecule has 2 fully saturated rings. The van der Waals surface area contributed by atoms with Gasteiger partial charge in [-0.2, -0.15) is 0 Å². The predicted molar refractivity (Wildman–Crippen MR) is 97.5 cm³/mol. The summed E-state index contributed by atoms with van der Waals surface area (Å²) in [5.74, 6) is 1.30. The molecule has 2 aliphatic rings. The van der Waals surface area contributed by atoms with Gasteiger partial charge in [0.2, 0.25) is 15.9 Å². The highest BCUT2D eigenvalue weighted by molar-refractivity contribution is 7.89. The van der Waals surface area contributed by atoms with Gasteiger partial charge in [-0.05, 0) is 36.5 Å². The van der Waals surface area contributed by atoms with E-state index in [1.54, 1.807) is 12.1 Å². The quantitative estimate of drug-likeness (QED) is 0.688. The molecule has 2 atom stereocenters. The van der Waals surface area contributed by atoms with E-state index in [1.165, 1.54) is 44.2 Å². The van der Waals surface area contributed by atoms with E-state index in [4.69, 9.17) is 5.73 Å². The molecular weight excluding hydrogens is 338 g/mol. The molecule has 0 radical (unpaired) electrons. The number of sulfonamides is 1. The van der Waals surface area contributed by atoms with Gasteiger partial charge < -0.3 is 11.1 Å². The van der Waals surface area contributed by atoms with Gasteiger partial charge in [0.25, 0.3) is 0 Å². The Bertz CT molecular complexity index is 714. The number of rotatable bonds is 7. The molecule has 25 heavy (non-hydrogen) atoms. The lowest BCUT2D eigenvalue weighted by Gasteiger charge is -2.21. The molecular formula is C18H27N3O3S. The second kappa shape index (κ2) is 7.85. The van der Waals surface area contributed by atoms with Crippen LogP contribution in [-0.4, -0.2) is 27.4 Å². The third-order valence-electron chi connectivity index (χ3n) is 5.28. The van der Waals surface area contributed by atoms with Gasteiger partial charge in [-0.15, -0.1) is 0 Å². The number of nitrogens with one attached hydrogen (secondary N) is 2. The molecule has 1 amide bonds. The summed E-state index contributed by atoms with van der Waals surface area (Å²) in [5.41, 5.74) is 5.86. The van der Waals surface area contributed by atoms with Crippen LogP contribution < -0.4 is 15.8 Å². The fourth-order valence-corrected chi connectivity index (χ4v) is 4.95. The highest BCUT2D eigenvalue weighted by Crippen LogP contribution is 2.49. The van der Waals surface area contributed by atoms with Crippen LogP contribution in [0.15, 0.2) is 29.2 Å². The Morgan fingerprint density at radius 3 is 2.68 bits per heavy atom. The van der Waals surface area contributed by atoms with Crippen LogP contribution in [0, 0.1) is 17.8 Å². The first-order valence-corrected chi connectivity index (χ1v) is 10.6. The van der Waals surface area contributed by atoms with Crippen molar-refractivity contribution in [2.75, 3.05) is 18.4 Å². The van der Waals surface area contributed by atoms with E-state index < -0.39 is 10.0 Å². The third kappa shape index (κ3) is 4.59. The minimum absolute atomic E-state index is 0.0139. The number of anilines is 1. The van der Waals surface area contributed by atoms with Crippen LogP contribution in [-0.2, 0) is 14.8 Å². The van der Waals surface area contributed by atoms with Crippen LogP contribution >= 0.6 is 0 Å². The third-order valence-corrected chi connectivity index (χ3v) is 6.74. The van der Waals surface area contributed by atoms with Crippen molar-refractivity contribution in [1.29, 1.82) is 0 Å². The molecule has 0 aliphatic heterocycles. The first kappa shape index (κ1) is 18.4. The summed E-state index contributed by atoms with van der Waals surface area (Å²) < 4.78 is 26.7. The molecule has 138 valence electrons. The summed E-state index contributed by atoms with van der Waals surface area (Å²) in [5, 5.41) is 2.89. The molecule has 2 saturated carbocycles. The van der Waals surface area contributed by atoms with Gasteiger partial charge in [0.1, 0.15) is 0 Å². The zero-order valence-electron chi connectivity index (χ0n) is 14.4. The number of carbonyl (C=O) groups excluding carboxylic acids is 1. The molecule has 0 aromatic heterocycles. The highest BCUT2D eigenvalue weighted by atomic mass is 32.2. The van der Waals surface area contributed by atoms with E-state index in [-0.39, 0.29) is 29.8 Å². The fraction of sp³-hybridized carbons (Fsp3) is 0.611. The van der Waals surface area contributed by atoms with Crippen molar-refractivity contribution >= 4 is 21.6 Å². The molecule has 0 spiro atoms. The topological polar surface area (TPSA) is 101 Å². The number of hydrogen-bond acceptors (Lipinski definition) is 4. The zero-order chi connectivity index (χ0) is 17.9. The van der Waals surface area contributed by atoms with Crippen LogP contribution in [0.4, 0.5) is 5.69 Å². The van der Waals surface area contributed by atoms with Crippen LogP contribution in [0.3, 0.4) is 0 Å². The summed E-state index contributed by atoms with van der Waals surface area (Å²) >= 11 is 0. The average Bonchev–Trinajstić information content (AvgIpc) is 3.42. The van der Waals surface area contributed by atoms with Crippen molar-refractivity contribution in [2.24, 2.45) is 23.5 Å². The molecule has 1 aromatic carbocycles. The maximum atomic E-state index is 12.5. The second-order valence-corrected chi connectivity index (χ2v) is 8.87. The van der Waals surface area contributed by atoms with E-state index in [0.29, 0.717) is 17.5 Å². The lowest BCUT2D eigenvalue weighted by molar-refractivity contribution is -0.117. The summed E-state index contributed by atoms with van der Waals surface area (Å²) in [4.78, 5) is 12.6. The van der Waals surface area contributed by atoms with Gasteiger partial charge in [0.15, 0.2) is 0 Å². The van der Waals surface area contributed by atoms with Crippen molar-refractivity contribution in [1.82, 2.24) is 4.72 Å². The van der Waals surface area contributed by atoms with Crippen LogP contribution in [0.5, 0.6) is 0 Å². The minimum Gasteiger partial charge on any atom is -0.329 e. The van der Waals surface area contributed by atoms with Crippen molar-refractivity contribution in [2.45, 2.75) is 43.4 Å². The van der Waals surface area contributed by atoms with Crippen molar-refractivity contribution < 1.29 is 13.2 Å². The van der Waals surface area contributed by atoms with Crippen molar-refractivity contribution in [3.63, 3.8) is 0 Å². The van der Waals surface area contributed by atoms with E-state index in [9.17, 15) is 13.2 Å². The highest BCUT2D eigenvalue weighted by Gasteiger charge is 2.47. The van der Waals surface area contributed by atoms with Gasteiger partial charge in [-0.25, -0.2) is 13.1 Å². The fourth-order valence-electron chi connectivity index (χ4n) is 3.85. The van der Waals surface area contributed by atoms with Crippen molar-refractivity contribution in [3.05, 3.63) is 24.3 Å². The normalized spacial score (nSPS) is 24.0. The Kier molecular flexibility index (Phi) is 5.76. The average molecular weight is 365 g/mol. The van der Waals surface area contributed by atoms with Gasteiger partial charge in [0, 0.05) is 24.7 Å². The molecule has 0 heterocycles. The Morgan fingerprint density at radius 2 is 1.96 bits per heavy atom. The lowest BCUT2D eigenvalue weighted by atomic mass is 9.85. The number of benzene rings is 1. The van der Waals surface area contributed by atoms with Crippen LogP contribution in [0.2, 0.25) is 0 Å². The standard InChI is InChI=1S/C18H27N3O3S/c19-9-10-20-25(23,24)15-8-4-7-14(11-15)21-18(22)17-12-16(17)13-5-2-1-3-6-13/h4,7-8,11,13,16-17,20H,1-3,5-6,9-10,12,19H2,(H,21,22). The molecule has 2 aliphatic carbocycles. The first-order chi connectivity index (χ1) is 12.0. The molecule has 3 rings (SSSR count). The van der Waals surface area contributed by atoms with Crippen LogP contribution in [0.1, 0.15) is 38.5 Å². The summed E-state index contributed by atoms with van der Waals surface area (Å²) in [6.45, 7) is 0.421. The number of amides is 1. The number of hydrogen-bond donors (Lipinski definition) is 3. The van der Waals surface area contributed by atoms with E-state index >= 15 is 0 Å². The molecule has 0 saturated heterocycles. The van der Waals surface area contributed by atoms with Gasteiger partial charge in [0.05, 0.1) is 4.90 Å². The lowest BCUT2D eigenvalue weighted by Crippen LogP contribution is -2.29. The zero-order valence-corrected chi connectivity index (χ0v) is 15.2. The Balaban J connectivity index is 1.60. The second-order valence-electron chi connectivity index (χ2n) is 7.11. The Hall–Kier alpha value is -1.44.